The van der Waals surface area contributed by atoms with E-state index >= 15 is 0 Å². The zero-order chi connectivity index (χ0) is 15.7. The van der Waals surface area contributed by atoms with Crippen LogP contribution in [0.3, 0.4) is 0 Å². The molecule has 0 saturated carbocycles. The fourth-order valence-corrected chi connectivity index (χ4v) is 3.38. The van der Waals surface area contributed by atoms with Crippen molar-refractivity contribution in [3.05, 3.63) is 29.8 Å². The van der Waals surface area contributed by atoms with Gasteiger partial charge in [0.05, 0.1) is 4.90 Å². The van der Waals surface area contributed by atoms with Crippen molar-refractivity contribution in [2.24, 2.45) is 0 Å². The van der Waals surface area contributed by atoms with E-state index in [1.165, 1.54) is 5.56 Å². The van der Waals surface area contributed by atoms with Gasteiger partial charge in [0.15, 0.2) is 0 Å². The summed E-state index contributed by atoms with van der Waals surface area (Å²) in [7, 11) is -3.35. The molecule has 0 spiro atoms. The molecule has 1 atom stereocenters. The van der Waals surface area contributed by atoms with Crippen LogP contribution in [0.1, 0.15) is 45.6 Å². The Morgan fingerprint density at radius 1 is 1.05 bits per heavy atom. The molecule has 0 radical (unpaired) electrons. The molecule has 2 N–H and O–H groups in total. The molecule has 0 saturated heterocycles. The van der Waals surface area contributed by atoms with Crippen LogP contribution in [0.2, 0.25) is 0 Å². The predicted molar refractivity (Wildman–Crippen MR) is 88.0 cm³/mol. The first-order valence-corrected chi connectivity index (χ1v) is 9.33. The standard InChI is InChI=1S/C16H28N2O2S/c1-4-7-15(17-12-5-2)13-14-8-10-16(11-9-14)21(19,20)18-6-3/h8-11,15,17-18H,4-7,12-13H2,1-3H3. The van der Waals surface area contributed by atoms with Crippen LogP contribution in [0.4, 0.5) is 0 Å². The average Bonchev–Trinajstić information content (AvgIpc) is 2.45. The van der Waals surface area contributed by atoms with Gasteiger partial charge in [-0.25, -0.2) is 13.1 Å². The molecule has 0 aliphatic rings. The molecule has 120 valence electrons. The van der Waals surface area contributed by atoms with E-state index in [0.717, 1.165) is 32.2 Å². The third kappa shape index (κ3) is 6.16. The van der Waals surface area contributed by atoms with Crippen LogP contribution in [-0.2, 0) is 16.4 Å². The second kappa shape index (κ2) is 9.18. The Morgan fingerprint density at radius 3 is 2.24 bits per heavy atom. The van der Waals surface area contributed by atoms with Crippen LogP contribution in [0, 0.1) is 0 Å². The van der Waals surface area contributed by atoms with Crippen molar-refractivity contribution in [2.75, 3.05) is 13.1 Å². The minimum absolute atomic E-state index is 0.335. The van der Waals surface area contributed by atoms with Crippen LogP contribution >= 0.6 is 0 Å². The molecule has 0 fully saturated rings. The van der Waals surface area contributed by atoms with Crippen LogP contribution < -0.4 is 10.0 Å². The Hall–Kier alpha value is -0.910. The first-order chi connectivity index (χ1) is 10.0. The minimum atomic E-state index is -3.35. The third-order valence-corrected chi connectivity index (χ3v) is 4.93. The number of nitrogens with one attached hydrogen (secondary N) is 2. The Morgan fingerprint density at radius 2 is 1.71 bits per heavy atom. The summed E-state index contributed by atoms with van der Waals surface area (Å²) >= 11 is 0. The predicted octanol–water partition coefficient (Wildman–Crippen LogP) is 2.70. The lowest BCUT2D eigenvalue weighted by Gasteiger charge is -2.18. The number of hydrogen-bond donors (Lipinski definition) is 2. The van der Waals surface area contributed by atoms with Crippen molar-refractivity contribution in [2.45, 2.75) is 57.4 Å². The van der Waals surface area contributed by atoms with Gasteiger partial charge in [0.25, 0.3) is 0 Å². The van der Waals surface area contributed by atoms with Crippen LogP contribution in [0.15, 0.2) is 29.2 Å². The van der Waals surface area contributed by atoms with Crippen molar-refractivity contribution in [3.63, 3.8) is 0 Å². The summed E-state index contributed by atoms with van der Waals surface area (Å²) < 4.78 is 26.3. The molecule has 0 aliphatic carbocycles. The highest BCUT2D eigenvalue weighted by Gasteiger charge is 2.13. The molecule has 0 bridgehead atoms. The largest absolute Gasteiger partial charge is 0.314 e. The van der Waals surface area contributed by atoms with E-state index < -0.39 is 10.0 Å². The van der Waals surface area contributed by atoms with Gasteiger partial charge in [-0.05, 0) is 43.5 Å². The lowest BCUT2D eigenvalue weighted by molar-refractivity contribution is 0.473. The van der Waals surface area contributed by atoms with Gasteiger partial charge in [0.2, 0.25) is 10.0 Å². The highest BCUT2D eigenvalue weighted by Crippen LogP contribution is 2.13. The fraction of sp³-hybridized carbons (Fsp3) is 0.625. The maximum absolute atomic E-state index is 11.9. The molecule has 1 aromatic rings. The summed E-state index contributed by atoms with van der Waals surface area (Å²) in [6, 6.07) is 7.68. The van der Waals surface area contributed by atoms with Crippen molar-refractivity contribution in [1.82, 2.24) is 10.0 Å². The zero-order valence-electron chi connectivity index (χ0n) is 13.4. The molecule has 1 rings (SSSR count). The maximum Gasteiger partial charge on any atom is 0.240 e. The SMILES string of the molecule is CCCNC(CCC)Cc1ccc(S(=O)(=O)NCC)cc1. The molecular weight excluding hydrogens is 284 g/mol. The Bertz CT molecular complexity index is 498. The molecule has 0 aromatic heterocycles. The van der Waals surface area contributed by atoms with Gasteiger partial charge in [-0.2, -0.15) is 0 Å². The molecule has 1 aromatic carbocycles. The molecule has 1 unspecified atom stereocenters. The van der Waals surface area contributed by atoms with E-state index in [1.807, 2.05) is 12.1 Å². The second-order valence-electron chi connectivity index (χ2n) is 5.29. The van der Waals surface area contributed by atoms with Gasteiger partial charge in [-0.15, -0.1) is 0 Å². The zero-order valence-corrected chi connectivity index (χ0v) is 14.2. The molecule has 0 heterocycles. The molecular formula is C16H28N2O2S. The first kappa shape index (κ1) is 18.1. The second-order valence-corrected chi connectivity index (χ2v) is 7.06. The summed E-state index contributed by atoms with van der Waals surface area (Å²) in [6.45, 7) is 7.56. The maximum atomic E-state index is 11.9. The lowest BCUT2D eigenvalue weighted by atomic mass is 10.0. The Balaban J connectivity index is 2.72. The molecule has 0 aliphatic heterocycles. The van der Waals surface area contributed by atoms with Gasteiger partial charge in [0.1, 0.15) is 0 Å². The van der Waals surface area contributed by atoms with E-state index in [4.69, 9.17) is 0 Å². The Labute approximate surface area is 129 Å². The van der Waals surface area contributed by atoms with E-state index in [1.54, 1.807) is 19.1 Å². The summed E-state index contributed by atoms with van der Waals surface area (Å²) in [6.07, 6.45) is 4.35. The highest BCUT2D eigenvalue weighted by molar-refractivity contribution is 7.89. The molecule has 0 amide bonds. The highest BCUT2D eigenvalue weighted by atomic mass is 32.2. The smallest absolute Gasteiger partial charge is 0.240 e. The van der Waals surface area contributed by atoms with Gasteiger partial charge >= 0.3 is 0 Å². The number of rotatable bonds is 10. The summed E-state index contributed by atoms with van der Waals surface area (Å²) in [5, 5.41) is 3.55. The molecule has 4 nitrogen and oxygen atoms in total. The van der Waals surface area contributed by atoms with E-state index in [0.29, 0.717) is 17.5 Å². The van der Waals surface area contributed by atoms with Gasteiger partial charge in [-0.1, -0.05) is 39.3 Å². The van der Waals surface area contributed by atoms with Crippen molar-refractivity contribution in [1.29, 1.82) is 0 Å². The van der Waals surface area contributed by atoms with Crippen LogP contribution in [0.25, 0.3) is 0 Å². The van der Waals surface area contributed by atoms with Crippen molar-refractivity contribution >= 4 is 10.0 Å². The van der Waals surface area contributed by atoms with Crippen LogP contribution in [0.5, 0.6) is 0 Å². The first-order valence-electron chi connectivity index (χ1n) is 7.85. The van der Waals surface area contributed by atoms with Crippen molar-refractivity contribution < 1.29 is 8.42 Å². The van der Waals surface area contributed by atoms with Gasteiger partial charge in [-0.3, -0.25) is 0 Å². The average molecular weight is 312 g/mol. The molecule has 5 heteroatoms. The Kier molecular flexibility index (Phi) is 7.93. The minimum Gasteiger partial charge on any atom is -0.314 e. The normalized spacial score (nSPS) is 13.3. The summed E-state index contributed by atoms with van der Waals surface area (Å²) in [4.78, 5) is 0.335. The van der Waals surface area contributed by atoms with E-state index in [-0.39, 0.29) is 0 Å². The number of sulfonamides is 1. The lowest BCUT2D eigenvalue weighted by Crippen LogP contribution is -2.31. The number of benzene rings is 1. The quantitative estimate of drug-likeness (QED) is 0.698. The van der Waals surface area contributed by atoms with Gasteiger partial charge < -0.3 is 5.32 Å². The van der Waals surface area contributed by atoms with Crippen LogP contribution in [-0.4, -0.2) is 27.5 Å². The fourth-order valence-electron chi connectivity index (χ4n) is 2.34. The third-order valence-electron chi connectivity index (χ3n) is 3.37. The number of hydrogen-bond acceptors (Lipinski definition) is 3. The topological polar surface area (TPSA) is 58.2 Å². The van der Waals surface area contributed by atoms with Gasteiger partial charge in [0, 0.05) is 12.6 Å². The summed E-state index contributed by atoms with van der Waals surface area (Å²) in [5.74, 6) is 0. The monoisotopic (exact) mass is 312 g/mol. The van der Waals surface area contributed by atoms with E-state index in [9.17, 15) is 8.42 Å². The summed E-state index contributed by atoms with van der Waals surface area (Å²) in [5.41, 5.74) is 1.17. The van der Waals surface area contributed by atoms with E-state index in [2.05, 4.69) is 23.9 Å². The van der Waals surface area contributed by atoms with Crippen molar-refractivity contribution in [3.8, 4) is 0 Å². The molecule has 21 heavy (non-hydrogen) atoms.